The lowest BCUT2D eigenvalue weighted by atomic mass is 9.74. The Balaban J connectivity index is 1.66. The first kappa shape index (κ1) is 15.4. The van der Waals surface area contributed by atoms with E-state index < -0.39 is 0 Å². The van der Waals surface area contributed by atoms with Crippen molar-refractivity contribution in [3.63, 3.8) is 0 Å². The van der Waals surface area contributed by atoms with Crippen LogP contribution in [-0.4, -0.2) is 16.0 Å². The van der Waals surface area contributed by atoms with Gasteiger partial charge in [0.05, 0.1) is 5.56 Å². The van der Waals surface area contributed by atoms with Crippen molar-refractivity contribution in [1.82, 2.24) is 10.2 Å². The fourth-order valence-electron chi connectivity index (χ4n) is 4.12. The number of aromatic amines is 2. The Morgan fingerprint density at radius 1 is 0.962 bits per heavy atom. The van der Waals surface area contributed by atoms with E-state index in [-0.39, 0.29) is 23.2 Å². The zero-order chi connectivity index (χ0) is 17.7. The molecule has 2 atom stereocenters. The average molecular weight is 363 g/mol. The van der Waals surface area contributed by atoms with Crippen LogP contribution >= 0.6 is 11.3 Å². The number of ketones is 1. The Hall–Kier alpha value is -2.86. The van der Waals surface area contributed by atoms with E-state index in [4.69, 9.17) is 0 Å². The fourth-order valence-corrected chi connectivity index (χ4v) is 4.95. The van der Waals surface area contributed by atoms with Crippen LogP contribution < -0.4 is 10.9 Å². The van der Waals surface area contributed by atoms with Crippen LogP contribution in [0.5, 0.6) is 0 Å². The molecule has 0 saturated carbocycles. The number of carbonyl (C=O) groups is 1. The zero-order valence-corrected chi connectivity index (χ0v) is 14.7. The van der Waals surface area contributed by atoms with Gasteiger partial charge in [-0.05, 0) is 23.4 Å². The van der Waals surface area contributed by atoms with Gasteiger partial charge in [0.2, 0.25) is 0 Å². The van der Waals surface area contributed by atoms with Crippen molar-refractivity contribution in [3.05, 3.63) is 85.5 Å². The van der Waals surface area contributed by atoms with E-state index in [1.807, 2.05) is 41.8 Å². The van der Waals surface area contributed by atoms with Crippen molar-refractivity contribution in [2.45, 2.75) is 24.7 Å². The number of benzene rings is 1. The van der Waals surface area contributed by atoms with Crippen molar-refractivity contribution >= 4 is 22.9 Å². The van der Waals surface area contributed by atoms with Gasteiger partial charge in [0.1, 0.15) is 5.82 Å². The number of rotatable bonds is 2. The Bertz CT molecular complexity index is 1060. The Labute approximate surface area is 153 Å². The summed E-state index contributed by atoms with van der Waals surface area (Å²) in [5.74, 6) is 0.658. The SMILES string of the molecule is O=C1CC(c2cccs2)CC2=C1C(c1ccccc1)c1c([nH][nH]c1=O)N2. The largest absolute Gasteiger partial charge is 0.343 e. The molecular formula is C20H17N3O2S. The summed E-state index contributed by atoms with van der Waals surface area (Å²) in [6.07, 6.45) is 1.26. The van der Waals surface area contributed by atoms with Gasteiger partial charge in [0.25, 0.3) is 5.56 Å². The molecule has 0 spiro atoms. The van der Waals surface area contributed by atoms with Crippen LogP contribution in [0, 0.1) is 0 Å². The van der Waals surface area contributed by atoms with Crippen LogP contribution in [0.2, 0.25) is 0 Å². The second-order valence-corrected chi connectivity index (χ2v) is 7.75. The molecule has 1 aromatic carbocycles. The summed E-state index contributed by atoms with van der Waals surface area (Å²) in [5.41, 5.74) is 3.05. The molecule has 2 aromatic heterocycles. The van der Waals surface area contributed by atoms with E-state index in [1.54, 1.807) is 11.3 Å². The number of hydrogen-bond acceptors (Lipinski definition) is 4. The van der Waals surface area contributed by atoms with Gasteiger partial charge in [-0.1, -0.05) is 36.4 Å². The van der Waals surface area contributed by atoms with Gasteiger partial charge < -0.3 is 5.32 Å². The van der Waals surface area contributed by atoms with E-state index in [0.29, 0.717) is 17.8 Å². The summed E-state index contributed by atoms with van der Waals surface area (Å²) < 4.78 is 0. The van der Waals surface area contributed by atoms with Crippen LogP contribution in [0.4, 0.5) is 5.82 Å². The Kier molecular flexibility index (Phi) is 3.46. The minimum absolute atomic E-state index is 0.122. The van der Waals surface area contributed by atoms with E-state index in [0.717, 1.165) is 23.3 Å². The fraction of sp³-hybridized carbons (Fsp3) is 0.200. The lowest BCUT2D eigenvalue weighted by Crippen LogP contribution is -2.31. The first-order valence-corrected chi connectivity index (χ1v) is 9.52. The zero-order valence-electron chi connectivity index (χ0n) is 13.9. The number of anilines is 1. The number of thiophene rings is 1. The highest BCUT2D eigenvalue weighted by molar-refractivity contribution is 7.10. The number of nitrogens with one attached hydrogen (secondary N) is 3. The molecule has 2 aliphatic rings. The first-order valence-electron chi connectivity index (χ1n) is 8.64. The highest BCUT2D eigenvalue weighted by Gasteiger charge is 2.40. The molecule has 2 unspecified atom stereocenters. The quantitative estimate of drug-likeness (QED) is 0.649. The minimum Gasteiger partial charge on any atom is -0.343 e. The minimum atomic E-state index is -0.325. The third-order valence-electron chi connectivity index (χ3n) is 5.25. The summed E-state index contributed by atoms with van der Waals surface area (Å²) in [5, 5.41) is 11.0. The van der Waals surface area contributed by atoms with Crippen LogP contribution in [-0.2, 0) is 4.79 Å². The molecule has 0 saturated heterocycles. The lowest BCUT2D eigenvalue weighted by molar-refractivity contribution is -0.116. The molecule has 0 fully saturated rings. The van der Waals surface area contributed by atoms with Gasteiger partial charge in [0, 0.05) is 34.4 Å². The number of hydrogen-bond donors (Lipinski definition) is 3. The maximum Gasteiger partial charge on any atom is 0.270 e. The molecule has 0 amide bonds. The van der Waals surface area contributed by atoms with E-state index in [1.165, 1.54) is 4.88 Å². The van der Waals surface area contributed by atoms with Crippen molar-refractivity contribution in [3.8, 4) is 0 Å². The topological polar surface area (TPSA) is 77.8 Å². The van der Waals surface area contributed by atoms with Crippen molar-refractivity contribution in [1.29, 1.82) is 0 Å². The summed E-state index contributed by atoms with van der Waals surface area (Å²) in [6.45, 7) is 0. The first-order chi connectivity index (χ1) is 12.7. The smallest absolute Gasteiger partial charge is 0.270 e. The molecular weight excluding hydrogens is 346 g/mol. The molecule has 6 heteroatoms. The van der Waals surface area contributed by atoms with Gasteiger partial charge in [-0.3, -0.25) is 19.8 Å². The van der Waals surface area contributed by atoms with Crippen molar-refractivity contribution in [2.75, 3.05) is 5.32 Å². The van der Waals surface area contributed by atoms with E-state index in [2.05, 4.69) is 21.6 Å². The number of carbonyl (C=O) groups excluding carboxylic acids is 1. The Morgan fingerprint density at radius 3 is 2.58 bits per heavy atom. The van der Waals surface area contributed by atoms with E-state index >= 15 is 0 Å². The lowest BCUT2D eigenvalue weighted by Gasteiger charge is -2.34. The number of Topliss-reactive ketones (excluding diaryl/α,β-unsaturated/α-hetero) is 1. The summed E-state index contributed by atoms with van der Waals surface area (Å²) in [4.78, 5) is 26.8. The Morgan fingerprint density at radius 2 is 1.81 bits per heavy atom. The van der Waals surface area contributed by atoms with Gasteiger partial charge in [-0.2, -0.15) is 0 Å². The number of fused-ring (bicyclic) bond motifs is 1. The maximum absolute atomic E-state index is 13.1. The molecule has 130 valence electrons. The summed E-state index contributed by atoms with van der Waals surface area (Å²) >= 11 is 1.69. The van der Waals surface area contributed by atoms with Crippen molar-refractivity contribution in [2.24, 2.45) is 0 Å². The average Bonchev–Trinajstić information content (AvgIpc) is 3.31. The number of H-pyrrole nitrogens is 2. The third kappa shape index (κ3) is 2.29. The molecule has 1 aliphatic carbocycles. The van der Waals surface area contributed by atoms with Crippen molar-refractivity contribution < 1.29 is 4.79 Å². The van der Waals surface area contributed by atoms with Crippen LogP contribution in [0.1, 0.15) is 40.7 Å². The molecule has 0 radical (unpaired) electrons. The van der Waals surface area contributed by atoms with Crippen LogP contribution in [0.25, 0.3) is 0 Å². The molecule has 3 aromatic rings. The highest BCUT2D eigenvalue weighted by Crippen LogP contribution is 2.46. The number of aromatic nitrogens is 2. The summed E-state index contributed by atoms with van der Waals surface area (Å²) in [6, 6.07) is 13.9. The highest BCUT2D eigenvalue weighted by atomic mass is 32.1. The molecule has 1 aliphatic heterocycles. The van der Waals surface area contributed by atoms with Gasteiger partial charge in [-0.25, -0.2) is 0 Å². The maximum atomic E-state index is 13.1. The standard InChI is InChI=1S/C20H17N3O2S/c24-14-10-12(15-7-4-8-26-15)9-13-17(14)16(11-5-2-1-3-6-11)18-19(21-13)22-23-20(18)25/h1-8,12,16H,9-10H2,(H3,21,22,23,25). The second-order valence-electron chi connectivity index (χ2n) is 6.77. The molecule has 5 nitrogen and oxygen atoms in total. The van der Waals surface area contributed by atoms with Crippen LogP contribution in [0.3, 0.4) is 0 Å². The van der Waals surface area contributed by atoms with Gasteiger partial charge in [-0.15, -0.1) is 11.3 Å². The summed E-state index contributed by atoms with van der Waals surface area (Å²) in [7, 11) is 0. The third-order valence-corrected chi connectivity index (χ3v) is 6.29. The molecule has 3 heterocycles. The monoisotopic (exact) mass is 363 g/mol. The molecule has 26 heavy (non-hydrogen) atoms. The second kappa shape index (κ2) is 5.85. The van der Waals surface area contributed by atoms with Crippen LogP contribution in [0.15, 0.2) is 63.9 Å². The molecule has 5 rings (SSSR count). The normalized spacial score (nSPS) is 21.9. The van der Waals surface area contributed by atoms with Gasteiger partial charge in [0.15, 0.2) is 5.78 Å². The van der Waals surface area contributed by atoms with E-state index in [9.17, 15) is 9.59 Å². The molecule has 0 bridgehead atoms. The predicted octanol–water partition coefficient (Wildman–Crippen LogP) is 3.72. The predicted molar refractivity (Wildman–Crippen MR) is 102 cm³/mol. The van der Waals surface area contributed by atoms with Gasteiger partial charge >= 0.3 is 0 Å². The number of allylic oxidation sites excluding steroid dienone is 2. The molecule has 3 N–H and O–H groups in total.